The summed E-state index contributed by atoms with van der Waals surface area (Å²) in [4.78, 5) is 5.47. The van der Waals surface area contributed by atoms with Crippen molar-refractivity contribution in [1.82, 2.24) is 4.98 Å². The normalized spacial score (nSPS) is 10.3. The Morgan fingerprint density at radius 3 is 2.85 bits per heavy atom. The van der Waals surface area contributed by atoms with Gasteiger partial charge in [0.25, 0.3) is 0 Å². The smallest absolute Gasteiger partial charge is 0.0819 e. The Morgan fingerprint density at radius 1 is 1.38 bits per heavy atom. The molecule has 0 aromatic carbocycles. The predicted octanol–water partition coefficient (Wildman–Crippen LogP) is 3.77. The lowest BCUT2D eigenvalue weighted by atomic mass is 10.2. The van der Waals surface area contributed by atoms with Crippen LogP contribution in [0.4, 0.5) is 0 Å². The van der Waals surface area contributed by atoms with Crippen LogP contribution in [-0.2, 0) is 0 Å². The standard InChI is InChI=1S/C10H8ClNS/c1-7-3-5-13-10(7)9-6-8(11)2-4-12-9/h2-6H,1H3. The maximum absolute atomic E-state index is 5.88. The first-order valence-corrected chi connectivity index (χ1v) is 5.19. The summed E-state index contributed by atoms with van der Waals surface area (Å²) in [6.45, 7) is 2.08. The summed E-state index contributed by atoms with van der Waals surface area (Å²) >= 11 is 7.57. The molecule has 0 fully saturated rings. The van der Waals surface area contributed by atoms with Gasteiger partial charge in [0.1, 0.15) is 0 Å². The molecular weight excluding hydrogens is 202 g/mol. The molecule has 2 aromatic rings. The quantitative estimate of drug-likeness (QED) is 0.697. The van der Waals surface area contributed by atoms with Crippen LogP contribution in [-0.4, -0.2) is 4.98 Å². The number of rotatable bonds is 1. The molecular formula is C10H8ClNS. The molecule has 0 aliphatic rings. The van der Waals surface area contributed by atoms with E-state index in [0.29, 0.717) is 0 Å². The van der Waals surface area contributed by atoms with Gasteiger partial charge in [-0.3, -0.25) is 4.98 Å². The fraction of sp³-hybridized carbons (Fsp3) is 0.100. The fourth-order valence-electron chi connectivity index (χ4n) is 1.16. The number of pyridine rings is 1. The van der Waals surface area contributed by atoms with E-state index in [1.165, 1.54) is 10.4 Å². The van der Waals surface area contributed by atoms with Gasteiger partial charge in [-0.1, -0.05) is 11.6 Å². The van der Waals surface area contributed by atoms with Gasteiger partial charge in [0, 0.05) is 11.2 Å². The van der Waals surface area contributed by atoms with Crippen LogP contribution < -0.4 is 0 Å². The van der Waals surface area contributed by atoms with Crippen molar-refractivity contribution in [3.63, 3.8) is 0 Å². The van der Waals surface area contributed by atoms with Crippen LogP contribution >= 0.6 is 22.9 Å². The average molecular weight is 210 g/mol. The number of aryl methyl sites for hydroxylation is 1. The molecule has 2 aromatic heterocycles. The minimum Gasteiger partial charge on any atom is -0.255 e. The third kappa shape index (κ3) is 1.74. The van der Waals surface area contributed by atoms with Crippen LogP contribution in [0, 0.1) is 6.92 Å². The molecule has 0 spiro atoms. The first kappa shape index (κ1) is 8.73. The lowest BCUT2D eigenvalue weighted by molar-refractivity contribution is 1.33. The molecule has 0 aliphatic heterocycles. The molecule has 1 nitrogen and oxygen atoms in total. The number of nitrogens with zero attached hydrogens (tertiary/aromatic N) is 1. The Kier molecular flexibility index (Phi) is 2.34. The SMILES string of the molecule is Cc1ccsc1-c1cc(Cl)ccn1. The lowest BCUT2D eigenvalue weighted by Gasteiger charge is -1.98. The minimum absolute atomic E-state index is 0.734. The van der Waals surface area contributed by atoms with Crippen molar-refractivity contribution < 1.29 is 0 Å². The maximum Gasteiger partial charge on any atom is 0.0819 e. The molecule has 0 radical (unpaired) electrons. The Labute approximate surface area is 86.0 Å². The van der Waals surface area contributed by atoms with Crippen molar-refractivity contribution >= 4 is 22.9 Å². The van der Waals surface area contributed by atoms with E-state index in [-0.39, 0.29) is 0 Å². The third-order valence-corrected chi connectivity index (χ3v) is 3.09. The Morgan fingerprint density at radius 2 is 2.23 bits per heavy atom. The molecule has 2 rings (SSSR count). The van der Waals surface area contributed by atoms with Crippen LogP contribution in [0.15, 0.2) is 29.8 Å². The molecule has 0 unspecified atom stereocenters. The zero-order valence-corrected chi connectivity index (χ0v) is 8.69. The van der Waals surface area contributed by atoms with Gasteiger partial charge in [0.2, 0.25) is 0 Å². The van der Waals surface area contributed by atoms with Gasteiger partial charge in [-0.05, 0) is 36.1 Å². The van der Waals surface area contributed by atoms with Crippen LogP contribution in [0.3, 0.4) is 0 Å². The Bertz CT molecular complexity index is 422. The second-order valence-electron chi connectivity index (χ2n) is 2.79. The second-order valence-corrected chi connectivity index (χ2v) is 4.14. The van der Waals surface area contributed by atoms with E-state index in [2.05, 4.69) is 23.4 Å². The van der Waals surface area contributed by atoms with Crippen LogP contribution in [0.5, 0.6) is 0 Å². The molecule has 13 heavy (non-hydrogen) atoms. The Hall–Kier alpha value is -0.860. The van der Waals surface area contributed by atoms with E-state index in [1.807, 2.05) is 6.07 Å². The van der Waals surface area contributed by atoms with E-state index in [4.69, 9.17) is 11.6 Å². The molecule has 66 valence electrons. The Balaban J connectivity index is 2.53. The molecule has 0 N–H and O–H groups in total. The highest BCUT2D eigenvalue weighted by molar-refractivity contribution is 7.13. The molecule has 3 heteroatoms. The van der Waals surface area contributed by atoms with Gasteiger partial charge in [0.15, 0.2) is 0 Å². The highest BCUT2D eigenvalue weighted by Crippen LogP contribution is 2.28. The van der Waals surface area contributed by atoms with Gasteiger partial charge in [-0.25, -0.2) is 0 Å². The van der Waals surface area contributed by atoms with Crippen molar-refractivity contribution in [2.45, 2.75) is 6.92 Å². The van der Waals surface area contributed by atoms with Crippen molar-refractivity contribution in [2.75, 3.05) is 0 Å². The summed E-state index contributed by atoms with van der Waals surface area (Å²) < 4.78 is 0. The zero-order chi connectivity index (χ0) is 9.26. The van der Waals surface area contributed by atoms with Crippen molar-refractivity contribution in [3.8, 4) is 10.6 Å². The van der Waals surface area contributed by atoms with Crippen molar-refractivity contribution in [3.05, 3.63) is 40.4 Å². The van der Waals surface area contributed by atoms with E-state index in [0.717, 1.165) is 10.7 Å². The van der Waals surface area contributed by atoms with Crippen molar-refractivity contribution in [2.24, 2.45) is 0 Å². The van der Waals surface area contributed by atoms with Crippen LogP contribution in [0.1, 0.15) is 5.56 Å². The van der Waals surface area contributed by atoms with Gasteiger partial charge in [-0.2, -0.15) is 0 Å². The number of thiophene rings is 1. The predicted molar refractivity (Wildman–Crippen MR) is 57.3 cm³/mol. The number of halogens is 1. The molecule has 0 saturated heterocycles. The monoisotopic (exact) mass is 209 g/mol. The summed E-state index contributed by atoms with van der Waals surface area (Å²) in [5, 5.41) is 2.80. The van der Waals surface area contributed by atoms with Gasteiger partial charge in [0.05, 0.1) is 10.6 Å². The number of hydrogen-bond donors (Lipinski definition) is 0. The number of aromatic nitrogens is 1. The molecule has 2 heterocycles. The second kappa shape index (κ2) is 3.48. The van der Waals surface area contributed by atoms with E-state index in [9.17, 15) is 0 Å². The molecule has 0 saturated carbocycles. The van der Waals surface area contributed by atoms with Crippen LogP contribution in [0.2, 0.25) is 5.02 Å². The van der Waals surface area contributed by atoms with Crippen LogP contribution in [0.25, 0.3) is 10.6 Å². The fourth-order valence-corrected chi connectivity index (χ4v) is 2.22. The summed E-state index contributed by atoms with van der Waals surface area (Å²) in [5.74, 6) is 0. The summed E-state index contributed by atoms with van der Waals surface area (Å²) in [7, 11) is 0. The molecule has 0 aliphatic carbocycles. The highest BCUT2D eigenvalue weighted by atomic mass is 35.5. The summed E-state index contributed by atoms with van der Waals surface area (Å²) in [6.07, 6.45) is 1.73. The summed E-state index contributed by atoms with van der Waals surface area (Å²) in [5.41, 5.74) is 2.21. The minimum atomic E-state index is 0.734. The topological polar surface area (TPSA) is 12.9 Å². The van der Waals surface area contributed by atoms with E-state index >= 15 is 0 Å². The summed E-state index contributed by atoms with van der Waals surface area (Å²) in [6, 6.07) is 5.76. The highest BCUT2D eigenvalue weighted by Gasteiger charge is 2.04. The van der Waals surface area contributed by atoms with Crippen molar-refractivity contribution in [1.29, 1.82) is 0 Å². The van der Waals surface area contributed by atoms with E-state index < -0.39 is 0 Å². The zero-order valence-electron chi connectivity index (χ0n) is 7.12. The molecule has 0 bridgehead atoms. The average Bonchev–Trinajstić information content (AvgIpc) is 2.51. The first-order valence-electron chi connectivity index (χ1n) is 3.93. The first-order chi connectivity index (χ1) is 6.27. The van der Waals surface area contributed by atoms with Gasteiger partial charge < -0.3 is 0 Å². The van der Waals surface area contributed by atoms with E-state index in [1.54, 1.807) is 23.6 Å². The molecule has 0 atom stereocenters. The van der Waals surface area contributed by atoms with Gasteiger partial charge >= 0.3 is 0 Å². The third-order valence-electron chi connectivity index (χ3n) is 1.82. The lowest BCUT2D eigenvalue weighted by Crippen LogP contribution is -1.80. The maximum atomic E-state index is 5.88. The largest absolute Gasteiger partial charge is 0.255 e. The number of hydrogen-bond acceptors (Lipinski definition) is 2. The molecule has 0 amide bonds. The van der Waals surface area contributed by atoms with Gasteiger partial charge in [-0.15, -0.1) is 11.3 Å².